The van der Waals surface area contributed by atoms with Gasteiger partial charge in [-0.1, -0.05) is 65.4 Å². The largest absolute Gasteiger partial charge is 0.478 e. The van der Waals surface area contributed by atoms with Crippen molar-refractivity contribution in [3.63, 3.8) is 0 Å². The zero-order valence-electron chi connectivity index (χ0n) is 12.4. The molecule has 3 rings (SSSR count). The van der Waals surface area contributed by atoms with Crippen molar-refractivity contribution in [3.05, 3.63) is 68.5 Å². The highest BCUT2D eigenvalue weighted by Gasteiger charge is 2.33. The van der Waals surface area contributed by atoms with E-state index in [-0.39, 0.29) is 11.5 Å². The molecule has 0 atom stereocenters. The average Bonchev–Trinajstić information content (AvgIpc) is 2.86. The topological polar surface area (TPSA) is 57.6 Å². The Morgan fingerprint density at radius 3 is 2.64 bits per heavy atom. The van der Waals surface area contributed by atoms with Crippen LogP contribution in [0.1, 0.15) is 15.9 Å². The van der Waals surface area contributed by atoms with E-state index in [9.17, 15) is 9.59 Å². The number of hydrogen-bond acceptors (Lipinski definition) is 4. The molecule has 0 unspecified atom stereocenters. The highest BCUT2D eigenvalue weighted by atomic mass is 35.5. The van der Waals surface area contributed by atoms with Crippen molar-refractivity contribution in [1.29, 1.82) is 0 Å². The van der Waals surface area contributed by atoms with Crippen LogP contribution in [0.4, 0.5) is 5.69 Å². The Bertz CT molecular complexity index is 943. The van der Waals surface area contributed by atoms with Gasteiger partial charge in [0.25, 0.3) is 5.91 Å². The van der Waals surface area contributed by atoms with E-state index < -0.39 is 5.97 Å². The first kappa shape index (κ1) is 17.9. The van der Waals surface area contributed by atoms with Crippen molar-refractivity contribution >= 4 is 75.1 Å². The number of carboxylic acids is 1. The summed E-state index contributed by atoms with van der Waals surface area (Å²) in [6, 6.07) is 11.2. The molecule has 1 aliphatic heterocycles. The van der Waals surface area contributed by atoms with E-state index >= 15 is 0 Å². The molecule has 1 fully saturated rings. The number of thiocarbonyl (C=S) groups is 1. The Labute approximate surface area is 163 Å². The molecule has 8 heteroatoms. The van der Waals surface area contributed by atoms with E-state index in [1.165, 1.54) is 17.0 Å². The summed E-state index contributed by atoms with van der Waals surface area (Å²) in [4.78, 5) is 25.5. The van der Waals surface area contributed by atoms with Gasteiger partial charge >= 0.3 is 5.97 Å². The molecule has 0 radical (unpaired) electrons. The van der Waals surface area contributed by atoms with E-state index in [4.69, 9.17) is 40.5 Å². The quantitative estimate of drug-likeness (QED) is 0.564. The van der Waals surface area contributed by atoms with Crippen LogP contribution in [-0.4, -0.2) is 21.3 Å². The van der Waals surface area contributed by atoms with E-state index in [2.05, 4.69) is 0 Å². The van der Waals surface area contributed by atoms with Crippen molar-refractivity contribution in [1.82, 2.24) is 0 Å². The van der Waals surface area contributed by atoms with E-state index in [0.29, 0.717) is 30.5 Å². The van der Waals surface area contributed by atoms with Gasteiger partial charge in [-0.25, -0.2) is 4.79 Å². The molecule has 1 N–H and O–H groups in total. The van der Waals surface area contributed by atoms with Crippen LogP contribution in [0, 0.1) is 0 Å². The Morgan fingerprint density at radius 2 is 1.92 bits per heavy atom. The van der Waals surface area contributed by atoms with Gasteiger partial charge in [0.2, 0.25) is 0 Å². The zero-order chi connectivity index (χ0) is 18.1. The number of carbonyl (C=O) groups is 2. The molecule has 1 saturated heterocycles. The molecular weight excluding hydrogens is 401 g/mol. The summed E-state index contributed by atoms with van der Waals surface area (Å²) in [6.45, 7) is 0. The van der Waals surface area contributed by atoms with E-state index in [1.54, 1.807) is 36.4 Å². The lowest BCUT2D eigenvalue weighted by Gasteiger charge is -2.14. The summed E-state index contributed by atoms with van der Waals surface area (Å²) >= 11 is 18.5. The Morgan fingerprint density at radius 1 is 1.20 bits per heavy atom. The summed E-state index contributed by atoms with van der Waals surface area (Å²) in [7, 11) is 0. The maximum absolute atomic E-state index is 12.7. The molecule has 0 aliphatic carbocycles. The number of thioether (sulfide) groups is 1. The van der Waals surface area contributed by atoms with Gasteiger partial charge in [-0.2, -0.15) is 0 Å². The first-order valence-corrected chi connectivity index (χ1v) is 8.92. The minimum absolute atomic E-state index is 0.0772. The van der Waals surface area contributed by atoms with Gasteiger partial charge in [-0.05, 0) is 35.9 Å². The molecule has 0 aromatic heterocycles. The molecule has 2 aromatic rings. The average molecular weight is 410 g/mol. The number of benzene rings is 2. The van der Waals surface area contributed by atoms with Crippen molar-refractivity contribution in [3.8, 4) is 0 Å². The first-order valence-electron chi connectivity index (χ1n) is 6.94. The van der Waals surface area contributed by atoms with Crippen LogP contribution < -0.4 is 4.90 Å². The van der Waals surface area contributed by atoms with Crippen LogP contribution in [0.25, 0.3) is 6.08 Å². The van der Waals surface area contributed by atoms with Crippen LogP contribution in [0.15, 0.2) is 47.4 Å². The van der Waals surface area contributed by atoms with Crippen LogP contribution in [0.5, 0.6) is 0 Å². The second kappa shape index (κ2) is 7.17. The van der Waals surface area contributed by atoms with Crippen LogP contribution in [0.2, 0.25) is 10.0 Å². The molecule has 1 heterocycles. The molecule has 25 heavy (non-hydrogen) atoms. The number of hydrogen-bond donors (Lipinski definition) is 1. The third-order valence-electron chi connectivity index (χ3n) is 3.41. The van der Waals surface area contributed by atoms with Gasteiger partial charge in [0.05, 0.1) is 26.2 Å². The Hall–Kier alpha value is -1.86. The minimum Gasteiger partial charge on any atom is -0.478 e. The number of anilines is 1. The summed E-state index contributed by atoms with van der Waals surface area (Å²) < 4.78 is 0.317. The fourth-order valence-corrected chi connectivity index (χ4v) is 3.89. The lowest BCUT2D eigenvalue weighted by atomic mass is 10.2. The lowest BCUT2D eigenvalue weighted by Crippen LogP contribution is -2.27. The van der Waals surface area contributed by atoms with Crippen molar-refractivity contribution in [2.45, 2.75) is 0 Å². The number of amides is 1. The minimum atomic E-state index is -1.08. The van der Waals surface area contributed by atoms with Crippen molar-refractivity contribution < 1.29 is 14.7 Å². The normalized spacial score (nSPS) is 15.9. The summed E-state index contributed by atoms with van der Waals surface area (Å²) in [6.07, 6.45) is 1.62. The maximum Gasteiger partial charge on any atom is 0.335 e. The third-order valence-corrected chi connectivity index (χ3v) is 5.55. The summed E-state index contributed by atoms with van der Waals surface area (Å²) in [5.74, 6) is -1.41. The van der Waals surface area contributed by atoms with Gasteiger partial charge in [-0.15, -0.1) is 0 Å². The molecule has 1 aliphatic rings. The molecule has 2 aromatic carbocycles. The number of halogens is 2. The molecule has 126 valence electrons. The fraction of sp³-hybridized carbons (Fsp3) is 0. The van der Waals surface area contributed by atoms with Crippen LogP contribution in [-0.2, 0) is 4.79 Å². The van der Waals surface area contributed by atoms with Gasteiger partial charge in [-0.3, -0.25) is 9.69 Å². The molecule has 0 spiro atoms. The number of aromatic carboxylic acids is 1. The molecule has 4 nitrogen and oxygen atoms in total. The lowest BCUT2D eigenvalue weighted by molar-refractivity contribution is -0.113. The van der Waals surface area contributed by atoms with Gasteiger partial charge in [0, 0.05) is 0 Å². The summed E-state index contributed by atoms with van der Waals surface area (Å²) in [5.41, 5.74) is 1.09. The molecule has 0 saturated carbocycles. The second-order valence-corrected chi connectivity index (χ2v) is 7.48. The standard InChI is InChI=1S/C17H9Cl2NO3S2/c18-12-6-2-3-9(14(12)19)8-13-15(21)20(17(24)25-13)11-5-1-4-10(7-11)16(22)23/h1-8H,(H,22,23)/b13-8+. The Kier molecular flexibility index (Phi) is 5.15. The smallest absolute Gasteiger partial charge is 0.335 e. The monoisotopic (exact) mass is 409 g/mol. The van der Waals surface area contributed by atoms with E-state index in [1.807, 2.05) is 0 Å². The van der Waals surface area contributed by atoms with Crippen molar-refractivity contribution in [2.24, 2.45) is 0 Å². The van der Waals surface area contributed by atoms with Crippen molar-refractivity contribution in [2.75, 3.05) is 4.90 Å². The number of nitrogens with zero attached hydrogens (tertiary/aromatic N) is 1. The highest BCUT2D eigenvalue weighted by molar-refractivity contribution is 8.27. The van der Waals surface area contributed by atoms with Gasteiger partial charge in [0.1, 0.15) is 0 Å². The fourth-order valence-electron chi connectivity index (χ4n) is 2.24. The van der Waals surface area contributed by atoms with E-state index in [0.717, 1.165) is 11.8 Å². The van der Waals surface area contributed by atoms with Gasteiger partial charge < -0.3 is 5.11 Å². The second-order valence-electron chi connectivity index (χ2n) is 5.02. The van der Waals surface area contributed by atoms with Crippen LogP contribution >= 0.6 is 47.2 Å². The SMILES string of the molecule is O=C(O)c1cccc(N2C(=O)/C(=C\c3cccc(Cl)c3Cl)SC2=S)c1. The predicted molar refractivity (Wildman–Crippen MR) is 106 cm³/mol. The Balaban J connectivity index is 1.98. The number of carboxylic acid groups (broad SMARTS) is 1. The maximum atomic E-state index is 12.7. The molecular formula is C17H9Cl2NO3S2. The molecule has 0 bridgehead atoms. The zero-order valence-corrected chi connectivity index (χ0v) is 15.5. The first-order chi connectivity index (χ1) is 11.9. The predicted octanol–water partition coefficient (Wildman–Crippen LogP) is 5.10. The van der Waals surface area contributed by atoms with Gasteiger partial charge in [0.15, 0.2) is 4.32 Å². The van der Waals surface area contributed by atoms with Crippen LogP contribution in [0.3, 0.4) is 0 Å². The number of carbonyl (C=O) groups excluding carboxylic acids is 1. The summed E-state index contributed by atoms with van der Waals surface area (Å²) in [5, 5.41) is 9.85. The number of rotatable bonds is 3. The molecule has 1 amide bonds. The highest BCUT2D eigenvalue weighted by Crippen LogP contribution is 2.37. The third kappa shape index (κ3) is 3.57.